The first-order valence-corrected chi connectivity index (χ1v) is 8.20. The van der Waals surface area contributed by atoms with Crippen LogP contribution < -0.4 is 10.6 Å². The Kier molecular flexibility index (Phi) is 6.77. The molecular formula is C19H24N2O4. The summed E-state index contributed by atoms with van der Waals surface area (Å²) in [6, 6.07) is 10.3. The lowest BCUT2D eigenvalue weighted by atomic mass is 10.0. The van der Waals surface area contributed by atoms with E-state index in [0.29, 0.717) is 13.2 Å². The normalized spacial score (nSPS) is 12.0. The van der Waals surface area contributed by atoms with Crippen LogP contribution in [0.5, 0.6) is 0 Å². The summed E-state index contributed by atoms with van der Waals surface area (Å²) >= 11 is 0. The van der Waals surface area contributed by atoms with Crippen LogP contribution in [0, 0.1) is 5.92 Å². The summed E-state index contributed by atoms with van der Waals surface area (Å²) in [5.41, 5.74) is 2.00. The molecular weight excluding hydrogens is 320 g/mol. The average molecular weight is 344 g/mol. The molecule has 0 fully saturated rings. The molecule has 1 unspecified atom stereocenters. The Labute approximate surface area is 147 Å². The maximum absolute atomic E-state index is 12.5. The lowest BCUT2D eigenvalue weighted by molar-refractivity contribution is -0.124. The summed E-state index contributed by atoms with van der Waals surface area (Å²) in [5.74, 6) is -0.516. The highest BCUT2D eigenvalue weighted by molar-refractivity contribution is 5.95. The van der Waals surface area contributed by atoms with Gasteiger partial charge in [-0.2, -0.15) is 0 Å². The van der Waals surface area contributed by atoms with E-state index in [0.717, 1.165) is 11.1 Å². The number of carbonyl (C=O) groups excluding carboxylic acids is 2. The largest absolute Gasteiger partial charge is 0.459 e. The molecule has 0 spiro atoms. The number of rotatable bonds is 8. The van der Waals surface area contributed by atoms with E-state index in [1.807, 2.05) is 38.1 Å². The van der Waals surface area contributed by atoms with E-state index in [2.05, 4.69) is 10.6 Å². The molecule has 1 heterocycles. The fourth-order valence-electron chi connectivity index (χ4n) is 2.47. The molecule has 6 nitrogen and oxygen atoms in total. The molecule has 1 aromatic carbocycles. The van der Waals surface area contributed by atoms with Gasteiger partial charge >= 0.3 is 0 Å². The molecule has 0 aliphatic heterocycles. The van der Waals surface area contributed by atoms with Gasteiger partial charge in [0.05, 0.1) is 12.9 Å². The highest BCUT2D eigenvalue weighted by atomic mass is 16.5. The molecule has 0 aliphatic carbocycles. The Bertz CT molecular complexity index is 695. The number of nitrogens with one attached hydrogen (secondary N) is 2. The third-order valence-corrected chi connectivity index (χ3v) is 3.85. The lowest BCUT2D eigenvalue weighted by Gasteiger charge is -2.21. The maximum atomic E-state index is 12.5. The van der Waals surface area contributed by atoms with Crippen LogP contribution in [0.4, 0.5) is 0 Å². The van der Waals surface area contributed by atoms with Crippen molar-refractivity contribution in [2.24, 2.45) is 5.92 Å². The Morgan fingerprint density at radius 2 is 1.84 bits per heavy atom. The summed E-state index contributed by atoms with van der Waals surface area (Å²) in [4.78, 5) is 24.7. The van der Waals surface area contributed by atoms with Crippen molar-refractivity contribution in [1.82, 2.24) is 10.6 Å². The molecule has 25 heavy (non-hydrogen) atoms. The first-order valence-electron chi connectivity index (χ1n) is 8.20. The van der Waals surface area contributed by atoms with Crippen molar-refractivity contribution in [2.45, 2.75) is 33.0 Å². The van der Waals surface area contributed by atoms with Crippen LogP contribution in [0.1, 0.15) is 35.5 Å². The molecule has 1 atom stereocenters. The van der Waals surface area contributed by atoms with Gasteiger partial charge in [0.15, 0.2) is 5.76 Å². The van der Waals surface area contributed by atoms with E-state index in [4.69, 9.17) is 9.15 Å². The molecule has 0 aliphatic rings. The molecule has 0 saturated heterocycles. The third kappa shape index (κ3) is 5.19. The first-order chi connectivity index (χ1) is 12.0. The Hall–Kier alpha value is -2.60. The highest BCUT2D eigenvalue weighted by Gasteiger charge is 2.25. The minimum atomic E-state index is -0.646. The molecule has 6 heteroatoms. The highest BCUT2D eigenvalue weighted by Crippen LogP contribution is 2.11. The van der Waals surface area contributed by atoms with Gasteiger partial charge in [-0.15, -0.1) is 0 Å². The van der Waals surface area contributed by atoms with Crippen molar-refractivity contribution in [3.8, 4) is 0 Å². The number of amides is 2. The van der Waals surface area contributed by atoms with Gasteiger partial charge in [-0.1, -0.05) is 38.1 Å². The summed E-state index contributed by atoms with van der Waals surface area (Å²) in [5, 5.41) is 5.62. The van der Waals surface area contributed by atoms with Crippen LogP contribution >= 0.6 is 0 Å². The molecule has 0 radical (unpaired) electrons. The van der Waals surface area contributed by atoms with Crippen molar-refractivity contribution in [3.05, 3.63) is 59.5 Å². The second-order valence-corrected chi connectivity index (χ2v) is 6.09. The van der Waals surface area contributed by atoms with Crippen LogP contribution in [-0.4, -0.2) is 25.0 Å². The van der Waals surface area contributed by atoms with E-state index in [-0.39, 0.29) is 17.6 Å². The zero-order valence-corrected chi connectivity index (χ0v) is 14.7. The van der Waals surface area contributed by atoms with Gasteiger partial charge in [0, 0.05) is 13.7 Å². The second-order valence-electron chi connectivity index (χ2n) is 6.09. The van der Waals surface area contributed by atoms with Crippen molar-refractivity contribution < 1.29 is 18.7 Å². The van der Waals surface area contributed by atoms with Crippen molar-refractivity contribution in [1.29, 1.82) is 0 Å². The Morgan fingerprint density at radius 1 is 1.12 bits per heavy atom. The van der Waals surface area contributed by atoms with E-state index in [1.54, 1.807) is 19.2 Å². The van der Waals surface area contributed by atoms with E-state index in [1.165, 1.54) is 6.26 Å². The molecule has 0 saturated carbocycles. The van der Waals surface area contributed by atoms with E-state index >= 15 is 0 Å². The monoisotopic (exact) mass is 344 g/mol. The molecule has 1 aromatic heterocycles. The van der Waals surface area contributed by atoms with Crippen molar-refractivity contribution >= 4 is 11.8 Å². The minimum Gasteiger partial charge on any atom is -0.459 e. The number of furan rings is 1. The first kappa shape index (κ1) is 18.7. The van der Waals surface area contributed by atoms with Gasteiger partial charge in [0.25, 0.3) is 5.91 Å². The number of methoxy groups -OCH3 is 1. The predicted molar refractivity (Wildman–Crippen MR) is 93.8 cm³/mol. The van der Waals surface area contributed by atoms with Crippen molar-refractivity contribution in [3.63, 3.8) is 0 Å². The zero-order valence-electron chi connectivity index (χ0n) is 14.7. The number of benzene rings is 1. The smallest absolute Gasteiger partial charge is 0.287 e. The van der Waals surface area contributed by atoms with Crippen LogP contribution in [0.15, 0.2) is 47.1 Å². The molecule has 0 bridgehead atoms. The van der Waals surface area contributed by atoms with Gasteiger partial charge in [0.1, 0.15) is 6.04 Å². The summed E-state index contributed by atoms with van der Waals surface area (Å²) in [7, 11) is 1.63. The van der Waals surface area contributed by atoms with Crippen LogP contribution in [0.2, 0.25) is 0 Å². The second kappa shape index (κ2) is 9.03. The number of hydrogen-bond acceptors (Lipinski definition) is 4. The van der Waals surface area contributed by atoms with E-state index in [9.17, 15) is 9.59 Å². The van der Waals surface area contributed by atoms with Crippen LogP contribution in [0.3, 0.4) is 0 Å². The molecule has 2 aromatic rings. The molecule has 2 N–H and O–H groups in total. The Morgan fingerprint density at radius 3 is 2.44 bits per heavy atom. The maximum Gasteiger partial charge on any atom is 0.287 e. The predicted octanol–water partition coefficient (Wildman–Crippen LogP) is 2.50. The molecule has 2 amide bonds. The minimum absolute atomic E-state index is 0.0619. The van der Waals surface area contributed by atoms with E-state index < -0.39 is 11.9 Å². The van der Waals surface area contributed by atoms with Gasteiger partial charge in [0.2, 0.25) is 5.91 Å². The topological polar surface area (TPSA) is 80.6 Å². The van der Waals surface area contributed by atoms with Gasteiger partial charge in [-0.3, -0.25) is 9.59 Å². The summed E-state index contributed by atoms with van der Waals surface area (Å²) < 4.78 is 10.2. The lowest BCUT2D eigenvalue weighted by Crippen LogP contribution is -2.49. The third-order valence-electron chi connectivity index (χ3n) is 3.85. The number of ether oxygens (including phenoxy) is 1. The summed E-state index contributed by atoms with van der Waals surface area (Å²) in [6.45, 7) is 4.62. The fourth-order valence-corrected chi connectivity index (χ4v) is 2.47. The van der Waals surface area contributed by atoms with Gasteiger partial charge < -0.3 is 19.8 Å². The molecule has 2 rings (SSSR count). The van der Waals surface area contributed by atoms with Gasteiger partial charge in [-0.05, 0) is 29.2 Å². The standard InChI is InChI=1S/C19H24N2O4/c1-13(2)17(21-18(22)16-9-6-10-25-16)19(23)20-11-14-7-4-5-8-15(14)12-24-3/h4-10,13,17H,11-12H2,1-3H3,(H,20,23)(H,21,22). The average Bonchev–Trinajstić information content (AvgIpc) is 3.13. The van der Waals surface area contributed by atoms with Crippen LogP contribution in [0.25, 0.3) is 0 Å². The number of carbonyl (C=O) groups is 2. The summed E-state index contributed by atoms with van der Waals surface area (Å²) in [6.07, 6.45) is 1.42. The SMILES string of the molecule is COCc1ccccc1CNC(=O)C(NC(=O)c1ccco1)C(C)C. The van der Waals surface area contributed by atoms with Gasteiger partial charge in [-0.25, -0.2) is 0 Å². The molecule has 134 valence electrons. The quantitative estimate of drug-likeness (QED) is 0.771. The van der Waals surface area contributed by atoms with Crippen molar-refractivity contribution in [2.75, 3.05) is 7.11 Å². The van der Waals surface area contributed by atoms with Crippen LogP contribution in [-0.2, 0) is 22.7 Å². The fraction of sp³-hybridized carbons (Fsp3) is 0.368. The zero-order chi connectivity index (χ0) is 18.2. The number of hydrogen-bond donors (Lipinski definition) is 2. The Balaban J connectivity index is 2.00.